The molecular formula is C13H22N3O+. The van der Waals surface area contributed by atoms with Crippen LogP contribution in [0.25, 0.3) is 0 Å². The minimum absolute atomic E-state index is 0.0184. The van der Waals surface area contributed by atoms with Crippen LogP contribution in [0, 0.1) is 0 Å². The summed E-state index contributed by atoms with van der Waals surface area (Å²) in [5, 5.41) is 0. The number of hydrogen-bond donors (Lipinski definition) is 2. The van der Waals surface area contributed by atoms with E-state index < -0.39 is 0 Å². The molecule has 0 spiro atoms. The maximum absolute atomic E-state index is 11.6. The predicted molar refractivity (Wildman–Crippen MR) is 67.2 cm³/mol. The van der Waals surface area contributed by atoms with Crippen molar-refractivity contribution in [2.75, 3.05) is 13.1 Å². The Morgan fingerprint density at radius 1 is 1.35 bits per heavy atom. The summed E-state index contributed by atoms with van der Waals surface area (Å²) in [6.07, 6.45) is 3.95. The Morgan fingerprint density at radius 2 is 2.06 bits per heavy atom. The van der Waals surface area contributed by atoms with Crippen LogP contribution < -0.4 is 10.5 Å². The average Bonchev–Trinajstić information content (AvgIpc) is 2.29. The number of nitrogens with one attached hydrogen (secondary N) is 2. The topological polar surface area (TPSA) is 50.2 Å². The molecule has 2 heterocycles. The number of nitrogens with zero attached hydrogens (tertiary/aromatic N) is 1. The molecular weight excluding hydrogens is 214 g/mol. The number of aromatic amines is 1. The van der Waals surface area contributed by atoms with Crippen molar-refractivity contribution in [3.8, 4) is 0 Å². The van der Waals surface area contributed by atoms with Crippen LogP contribution in [-0.4, -0.2) is 23.1 Å². The van der Waals surface area contributed by atoms with E-state index in [1.807, 2.05) is 0 Å². The minimum Gasteiger partial charge on any atom is -0.330 e. The summed E-state index contributed by atoms with van der Waals surface area (Å²) >= 11 is 0. The van der Waals surface area contributed by atoms with Crippen molar-refractivity contribution >= 4 is 0 Å². The predicted octanol–water partition coefficient (Wildman–Crippen LogP) is 0.462. The van der Waals surface area contributed by atoms with Gasteiger partial charge in [0.25, 0.3) is 5.56 Å². The summed E-state index contributed by atoms with van der Waals surface area (Å²) in [7, 11) is 0. The van der Waals surface area contributed by atoms with Gasteiger partial charge in [0.2, 0.25) is 0 Å². The molecule has 0 unspecified atom stereocenters. The second-order valence-electron chi connectivity index (χ2n) is 5.26. The van der Waals surface area contributed by atoms with E-state index in [0.717, 1.165) is 18.1 Å². The van der Waals surface area contributed by atoms with E-state index >= 15 is 0 Å². The second kappa shape index (κ2) is 5.45. The fourth-order valence-electron chi connectivity index (χ4n) is 2.38. The number of piperidine rings is 1. The van der Waals surface area contributed by atoms with Gasteiger partial charge in [0.1, 0.15) is 18.1 Å². The van der Waals surface area contributed by atoms with Crippen LogP contribution >= 0.6 is 0 Å². The lowest BCUT2D eigenvalue weighted by atomic mass is 10.1. The van der Waals surface area contributed by atoms with E-state index in [9.17, 15) is 4.79 Å². The van der Waals surface area contributed by atoms with Gasteiger partial charge in [0.05, 0.1) is 13.1 Å². The van der Waals surface area contributed by atoms with Gasteiger partial charge < -0.3 is 9.88 Å². The molecule has 0 saturated carbocycles. The largest absolute Gasteiger partial charge is 0.330 e. The van der Waals surface area contributed by atoms with Crippen LogP contribution in [0.1, 0.15) is 50.5 Å². The minimum atomic E-state index is -0.0184. The highest BCUT2D eigenvalue weighted by molar-refractivity contribution is 5.03. The number of rotatable bonds is 3. The molecule has 2 N–H and O–H groups in total. The van der Waals surface area contributed by atoms with Crippen LogP contribution in [0.15, 0.2) is 10.9 Å². The number of aromatic nitrogens is 2. The highest BCUT2D eigenvalue weighted by Gasteiger charge is 2.15. The molecule has 0 bridgehead atoms. The van der Waals surface area contributed by atoms with E-state index in [0.29, 0.717) is 0 Å². The van der Waals surface area contributed by atoms with Crippen LogP contribution in [0.5, 0.6) is 0 Å². The van der Waals surface area contributed by atoms with Crippen LogP contribution in [-0.2, 0) is 6.54 Å². The maximum Gasteiger partial charge on any atom is 0.251 e. The monoisotopic (exact) mass is 236 g/mol. The molecule has 1 aromatic heterocycles. The molecule has 2 rings (SSSR count). The Morgan fingerprint density at radius 3 is 2.71 bits per heavy atom. The molecule has 94 valence electrons. The third kappa shape index (κ3) is 3.40. The molecule has 17 heavy (non-hydrogen) atoms. The lowest BCUT2D eigenvalue weighted by Gasteiger charge is -2.23. The van der Waals surface area contributed by atoms with Crippen molar-refractivity contribution in [2.24, 2.45) is 0 Å². The maximum atomic E-state index is 11.6. The molecule has 0 radical (unpaired) electrons. The summed E-state index contributed by atoms with van der Waals surface area (Å²) in [4.78, 5) is 20.5. The average molecular weight is 236 g/mol. The summed E-state index contributed by atoms with van der Waals surface area (Å²) in [6, 6.07) is 1.65. The first kappa shape index (κ1) is 12.3. The van der Waals surface area contributed by atoms with E-state index in [2.05, 4.69) is 23.8 Å². The SMILES string of the molecule is CC(C)c1nc(C[NH+]2CCCCC2)cc(=O)[nH]1. The first-order valence-electron chi connectivity index (χ1n) is 6.59. The first-order chi connectivity index (χ1) is 8.15. The molecule has 1 aliphatic heterocycles. The molecule has 0 aliphatic carbocycles. The van der Waals surface area contributed by atoms with E-state index in [1.165, 1.54) is 32.4 Å². The Labute approximate surface area is 102 Å². The molecule has 0 amide bonds. The lowest BCUT2D eigenvalue weighted by molar-refractivity contribution is -0.918. The highest BCUT2D eigenvalue weighted by Crippen LogP contribution is 2.06. The Bertz CT molecular complexity index is 419. The number of quaternary nitrogens is 1. The lowest BCUT2D eigenvalue weighted by Crippen LogP contribution is -3.11. The highest BCUT2D eigenvalue weighted by atomic mass is 16.1. The smallest absolute Gasteiger partial charge is 0.251 e. The van der Waals surface area contributed by atoms with Gasteiger partial charge in [-0.2, -0.15) is 0 Å². The van der Waals surface area contributed by atoms with Crippen molar-refractivity contribution in [3.63, 3.8) is 0 Å². The van der Waals surface area contributed by atoms with Crippen molar-refractivity contribution in [1.29, 1.82) is 0 Å². The zero-order valence-electron chi connectivity index (χ0n) is 10.8. The van der Waals surface area contributed by atoms with Crippen LogP contribution in [0.3, 0.4) is 0 Å². The standard InChI is InChI=1S/C13H21N3O/c1-10(2)13-14-11(8-12(17)15-13)9-16-6-4-3-5-7-16/h8,10H,3-7,9H2,1-2H3,(H,14,15,17)/p+1. The molecule has 1 saturated heterocycles. The number of H-pyrrole nitrogens is 1. The normalized spacial score (nSPS) is 17.6. The third-order valence-corrected chi connectivity index (χ3v) is 3.35. The third-order valence-electron chi connectivity index (χ3n) is 3.35. The van der Waals surface area contributed by atoms with Gasteiger partial charge >= 0.3 is 0 Å². The van der Waals surface area contributed by atoms with E-state index in [-0.39, 0.29) is 11.5 Å². The van der Waals surface area contributed by atoms with Gasteiger partial charge in [-0.05, 0) is 19.3 Å². The van der Waals surface area contributed by atoms with E-state index in [4.69, 9.17) is 0 Å². The van der Waals surface area contributed by atoms with Crippen molar-refractivity contribution in [3.05, 3.63) is 27.9 Å². The molecule has 1 fully saturated rings. The first-order valence-corrected chi connectivity index (χ1v) is 6.59. The molecule has 0 atom stereocenters. The van der Waals surface area contributed by atoms with Gasteiger partial charge in [0.15, 0.2) is 0 Å². The van der Waals surface area contributed by atoms with Crippen LogP contribution in [0.4, 0.5) is 0 Å². The Kier molecular flexibility index (Phi) is 3.94. The van der Waals surface area contributed by atoms with Crippen LogP contribution in [0.2, 0.25) is 0 Å². The molecule has 4 heteroatoms. The Hall–Kier alpha value is -1.16. The zero-order valence-corrected chi connectivity index (χ0v) is 10.8. The molecule has 1 aliphatic rings. The summed E-state index contributed by atoms with van der Waals surface area (Å²) < 4.78 is 0. The molecule has 1 aromatic rings. The summed E-state index contributed by atoms with van der Waals surface area (Å²) in [6.45, 7) is 7.42. The second-order valence-corrected chi connectivity index (χ2v) is 5.26. The Balaban J connectivity index is 2.11. The van der Waals surface area contributed by atoms with Gasteiger partial charge in [-0.1, -0.05) is 13.8 Å². The molecule has 4 nitrogen and oxygen atoms in total. The molecule has 0 aromatic carbocycles. The van der Waals surface area contributed by atoms with Crippen molar-refractivity contribution in [1.82, 2.24) is 9.97 Å². The van der Waals surface area contributed by atoms with Gasteiger partial charge in [-0.3, -0.25) is 4.79 Å². The van der Waals surface area contributed by atoms with E-state index in [1.54, 1.807) is 11.0 Å². The zero-order chi connectivity index (χ0) is 12.3. The number of hydrogen-bond acceptors (Lipinski definition) is 2. The number of likely N-dealkylation sites (tertiary alicyclic amines) is 1. The summed E-state index contributed by atoms with van der Waals surface area (Å²) in [5.41, 5.74) is 0.921. The van der Waals surface area contributed by atoms with Gasteiger partial charge in [0, 0.05) is 12.0 Å². The van der Waals surface area contributed by atoms with Gasteiger partial charge in [-0.15, -0.1) is 0 Å². The quantitative estimate of drug-likeness (QED) is 0.801. The van der Waals surface area contributed by atoms with Crippen molar-refractivity contribution in [2.45, 2.75) is 45.6 Å². The fraction of sp³-hybridized carbons (Fsp3) is 0.692. The fourth-order valence-corrected chi connectivity index (χ4v) is 2.38. The summed E-state index contributed by atoms with van der Waals surface area (Å²) in [5.74, 6) is 1.09. The van der Waals surface area contributed by atoms with Crippen molar-refractivity contribution < 1.29 is 4.90 Å². The van der Waals surface area contributed by atoms with Gasteiger partial charge in [-0.25, -0.2) is 4.98 Å².